The quantitative estimate of drug-likeness (QED) is 0.756. The first-order valence-corrected chi connectivity index (χ1v) is 7.97. The summed E-state index contributed by atoms with van der Waals surface area (Å²) in [6, 6.07) is 10.8. The van der Waals surface area contributed by atoms with Crippen LogP contribution in [0.1, 0.15) is 46.0 Å². The van der Waals surface area contributed by atoms with Crippen molar-refractivity contribution in [1.29, 1.82) is 0 Å². The van der Waals surface area contributed by atoms with E-state index in [4.69, 9.17) is 4.74 Å². The molecule has 0 spiro atoms. The summed E-state index contributed by atoms with van der Waals surface area (Å²) < 4.78 is 5.69. The minimum atomic E-state index is 0. The number of ether oxygens (including phenoxy) is 1. The van der Waals surface area contributed by atoms with E-state index < -0.39 is 0 Å². The van der Waals surface area contributed by atoms with Crippen molar-refractivity contribution in [1.82, 2.24) is 4.90 Å². The second kappa shape index (κ2) is 11.9. The molecular formula is C18H32ClNO. The smallest absolute Gasteiger partial charge is 0.119 e. The van der Waals surface area contributed by atoms with Gasteiger partial charge in [0, 0.05) is 6.04 Å². The fourth-order valence-corrected chi connectivity index (χ4v) is 2.27. The Morgan fingerprint density at radius 1 is 1.14 bits per heavy atom. The largest absolute Gasteiger partial charge is 0.493 e. The molecule has 1 fully saturated rings. The van der Waals surface area contributed by atoms with Gasteiger partial charge in [-0.1, -0.05) is 38.0 Å². The van der Waals surface area contributed by atoms with Crippen LogP contribution >= 0.6 is 12.4 Å². The van der Waals surface area contributed by atoms with E-state index in [-0.39, 0.29) is 12.4 Å². The summed E-state index contributed by atoms with van der Waals surface area (Å²) in [5.41, 5.74) is 0. The molecule has 0 N–H and O–H groups in total. The molecule has 0 aliphatic heterocycles. The Labute approximate surface area is 137 Å². The summed E-state index contributed by atoms with van der Waals surface area (Å²) in [5.74, 6) is 1.81. The van der Waals surface area contributed by atoms with Crippen molar-refractivity contribution in [3.63, 3.8) is 0 Å². The Morgan fingerprint density at radius 3 is 2.14 bits per heavy atom. The first-order chi connectivity index (χ1) is 9.63. The van der Waals surface area contributed by atoms with Crippen molar-refractivity contribution >= 4 is 12.4 Å². The minimum absolute atomic E-state index is 0. The van der Waals surface area contributed by atoms with E-state index in [0.717, 1.165) is 24.3 Å². The van der Waals surface area contributed by atoms with E-state index in [1.165, 1.54) is 32.1 Å². The van der Waals surface area contributed by atoms with Crippen LogP contribution in [0.25, 0.3) is 0 Å². The topological polar surface area (TPSA) is 12.5 Å². The van der Waals surface area contributed by atoms with Gasteiger partial charge in [0.05, 0.1) is 6.61 Å². The van der Waals surface area contributed by atoms with Crippen LogP contribution in [-0.2, 0) is 0 Å². The third kappa shape index (κ3) is 9.00. The predicted octanol–water partition coefficient (Wildman–Crippen LogP) is 5.02. The number of hydrogen-bond acceptors (Lipinski definition) is 2. The molecule has 1 aliphatic carbocycles. The maximum absolute atomic E-state index is 5.69. The van der Waals surface area contributed by atoms with Crippen LogP contribution in [0.4, 0.5) is 0 Å². The second-order valence-corrected chi connectivity index (χ2v) is 6.00. The van der Waals surface area contributed by atoms with E-state index in [9.17, 15) is 0 Å². The molecule has 0 saturated heterocycles. The zero-order valence-electron chi connectivity index (χ0n) is 14.0. The Bertz CT molecular complexity index is 336. The van der Waals surface area contributed by atoms with Gasteiger partial charge in [0.2, 0.25) is 0 Å². The Hall–Kier alpha value is -0.730. The van der Waals surface area contributed by atoms with Crippen LogP contribution in [0.5, 0.6) is 5.75 Å². The molecule has 2 rings (SSSR count). The third-order valence-electron chi connectivity index (χ3n) is 4.18. The molecule has 0 radical (unpaired) electrons. The van der Waals surface area contributed by atoms with Gasteiger partial charge in [0.25, 0.3) is 0 Å². The molecule has 21 heavy (non-hydrogen) atoms. The fourth-order valence-electron chi connectivity index (χ4n) is 2.27. The standard InChI is InChI=1S/C12H16O.C6H15N.ClH/c1-2-8-12(9-3-1)13-10-11-6-4-5-7-11;1-5-6(2)7(3)4;/h1-3,8-9,11H,4-7,10H2;6H,5H2,1-4H3;1H. The van der Waals surface area contributed by atoms with Crippen molar-refractivity contribution in [2.24, 2.45) is 5.92 Å². The molecule has 1 unspecified atom stereocenters. The van der Waals surface area contributed by atoms with Crippen LogP contribution in [0, 0.1) is 5.92 Å². The molecule has 2 nitrogen and oxygen atoms in total. The van der Waals surface area contributed by atoms with Crippen LogP contribution in [0.3, 0.4) is 0 Å². The van der Waals surface area contributed by atoms with Crippen LogP contribution < -0.4 is 4.74 Å². The number of para-hydroxylation sites is 1. The summed E-state index contributed by atoms with van der Waals surface area (Å²) in [6.07, 6.45) is 6.73. The highest BCUT2D eigenvalue weighted by Gasteiger charge is 2.15. The van der Waals surface area contributed by atoms with Crippen LogP contribution in [-0.4, -0.2) is 31.6 Å². The van der Waals surface area contributed by atoms with E-state index in [1.807, 2.05) is 30.3 Å². The summed E-state index contributed by atoms with van der Waals surface area (Å²) in [6.45, 7) is 5.33. The molecule has 0 amide bonds. The lowest BCUT2D eigenvalue weighted by Crippen LogP contribution is -2.23. The van der Waals surface area contributed by atoms with Crippen molar-refractivity contribution in [3.8, 4) is 5.75 Å². The minimum Gasteiger partial charge on any atom is -0.493 e. The number of hydrogen-bond donors (Lipinski definition) is 0. The van der Waals surface area contributed by atoms with Gasteiger partial charge in [0.1, 0.15) is 5.75 Å². The Morgan fingerprint density at radius 2 is 1.71 bits per heavy atom. The van der Waals surface area contributed by atoms with Gasteiger partial charge in [-0.2, -0.15) is 0 Å². The van der Waals surface area contributed by atoms with Gasteiger partial charge < -0.3 is 9.64 Å². The first-order valence-electron chi connectivity index (χ1n) is 7.97. The molecule has 0 heterocycles. The van der Waals surface area contributed by atoms with Crippen molar-refractivity contribution in [2.75, 3.05) is 20.7 Å². The molecule has 1 atom stereocenters. The first kappa shape index (κ1) is 20.3. The van der Waals surface area contributed by atoms with E-state index in [0.29, 0.717) is 0 Å². The predicted molar refractivity (Wildman–Crippen MR) is 94.6 cm³/mol. The molecule has 1 aromatic rings. The molecule has 0 bridgehead atoms. The number of rotatable bonds is 5. The molecule has 122 valence electrons. The molecule has 1 saturated carbocycles. The van der Waals surface area contributed by atoms with Crippen LogP contribution in [0.15, 0.2) is 30.3 Å². The highest BCUT2D eigenvalue weighted by Crippen LogP contribution is 2.25. The summed E-state index contributed by atoms with van der Waals surface area (Å²) in [7, 11) is 4.21. The fraction of sp³-hybridized carbons (Fsp3) is 0.667. The van der Waals surface area contributed by atoms with Gasteiger partial charge >= 0.3 is 0 Å². The molecule has 1 aromatic carbocycles. The second-order valence-electron chi connectivity index (χ2n) is 6.00. The molecular weight excluding hydrogens is 282 g/mol. The van der Waals surface area contributed by atoms with E-state index in [2.05, 4.69) is 32.8 Å². The molecule has 3 heteroatoms. The Kier molecular flexibility index (Phi) is 11.5. The van der Waals surface area contributed by atoms with Gasteiger partial charge in [0.15, 0.2) is 0 Å². The van der Waals surface area contributed by atoms with Gasteiger partial charge in [-0.25, -0.2) is 0 Å². The third-order valence-corrected chi connectivity index (χ3v) is 4.18. The highest BCUT2D eigenvalue weighted by atomic mass is 35.5. The van der Waals surface area contributed by atoms with Gasteiger partial charge in [-0.15, -0.1) is 12.4 Å². The van der Waals surface area contributed by atoms with E-state index >= 15 is 0 Å². The average Bonchev–Trinajstić information content (AvgIpc) is 2.99. The van der Waals surface area contributed by atoms with Gasteiger partial charge in [-0.05, 0) is 58.3 Å². The van der Waals surface area contributed by atoms with Crippen molar-refractivity contribution in [2.45, 2.75) is 52.0 Å². The van der Waals surface area contributed by atoms with Gasteiger partial charge in [-0.3, -0.25) is 0 Å². The summed E-state index contributed by atoms with van der Waals surface area (Å²) >= 11 is 0. The SMILES string of the molecule is CCC(C)N(C)C.Cl.c1ccc(OCC2CCCC2)cc1. The number of halogens is 1. The zero-order chi connectivity index (χ0) is 14.8. The normalized spacial score (nSPS) is 15.9. The van der Waals surface area contributed by atoms with Crippen molar-refractivity contribution < 1.29 is 4.74 Å². The highest BCUT2D eigenvalue weighted by molar-refractivity contribution is 5.85. The average molecular weight is 314 g/mol. The summed E-state index contributed by atoms with van der Waals surface area (Å²) in [4.78, 5) is 2.22. The number of nitrogens with zero attached hydrogens (tertiary/aromatic N) is 1. The lowest BCUT2D eigenvalue weighted by molar-refractivity contribution is 0.252. The maximum Gasteiger partial charge on any atom is 0.119 e. The monoisotopic (exact) mass is 313 g/mol. The maximum atomic E-state index is 5.69. The van der Waals surface area contributed by atoms with Crippen LogP contribution in [0.2, 0.25) is 0 Å². The lowest BCUT2D eigenvalue weighted by atomic mass is 10.1. The number of benzene rings is 1. The molecule has 1 aliphatic rings. The summed E-state index contributed by atoms with van der Waals surface area (Å²) in [5, 5.41) is 0. The Balaban J connectivity index is 0.000000436. The lowest BCUT2D eigenvalue weighted by Gasteiger charge is -2.16. The van der Waals surface area contributed by atoms with E-state index in [1.54, 1.807) is 0 Å². The molecule has 0 aromatic heterocycles. The zero-order valence-corrected chi connectivity index (χ0v) is 14.9. The van der Waals surface area contributed by atoms with Crippen molar-refractivity contribution in [3.05, 3.63) is 30.3 Å².